The number of halogens is 2. The van der Waals surface area contributed by atoms with E-state index < -0.39 is 0 Å². The van der Waals surface area contributed by atoms with E-state index >= 15 is 0 Å². The van der Waals surface area contributed by atoms with E-state index in [1.165, 1.54) is 37.3 Å². The van der Waals surface area contributed by atoms with Crippen LogP contribution in [0.3, 0.4) is 0 Å². The zero-order valence-electron chi connectivity index (χ0n) is 11.4. The van der Waals surface area contributed by atoms with Gasteiger partial charge in [0.2, 0.25) is 0 Å². The minimum absolute atomic E-state index is 0.0321. The molecule has 0 saturated heterocycles. The molecule has 0 radical (unpaired) electrons. The SMILES string of the molecule is CNC(/C1=C/CCCCCC1)c1ccc(Cl)cc1F. The summed E-state index contributed by atoms with van der Waals surface area (Å²) in [7, 11) is 1.89. The molecule has 1 aliphatic carbocycles. The number of nitrogens with one attached hydrogen (secondary N) is 1. The summed E-state index contributed by atoms with van der Waals surface area (Å²) in [6, 6.07) is 4.91. The van der Waals surface area contributed by atoms with Crippen LogP contribution >= 0.6 is 11.6 Å². The summed E-state index contributed by atoms with van der Waals surface area (Å²) in [5, 5.41) is 3.69. The Morgan fingerprint density at radius 3 is 2.74 bits per heavy atom. The summed E-state index contributed by atoms with van der Waals surface area (Å²) in [6.07, 6.45) is 9.45. The second kappa shape index (κ2) is 7.06. The van der Waals surface area contributed by atoms with Gasteiger partial charge in [0.1, 0.15) is 5.82 Å². The number of benzene rings is 1. The first-order chi connectivity index (χ1) is 9.22. The fourth-order valence-corrected chi connectivity index (χ4v) is 2.91. The minimum atomic E-state index is -0.227. The maximum absolute atomic E-state index is 14.1. The minimum Gasteiger partial charge on any atom is -0.310 e. The van der Waals surface area contributed by atoms with Gasteiger partial charge in [0.05, 0.1) is 6.04 Å². The summed E-state index contributed by atoms with van der Waals surface area (Å²) in [5.41, 5.74) is 2.00. The van der Waals surface area contributed by atoms with Gasteiger partial charge >= 0.3 is 0 Å². The molecule has 1 N–H and O–H groups in total. The van der Waals surface area contributed by atoms with E-state index in [1.54, 1.807) is 12.1 Å². The van der Waals surface area contributed by atoms with Gasteiger partial charge in [-0.3, -0.25) is 0 Å². The van der Waals surface area contributed by atoms with Gasteiger partial charge in [0.25, 0.3) is 0 Å². The largest absolute Gasteiger partial charge is 0.310 e. The van der Waals surface area contributed by atoms with Crippen molar-refractivity contribution in [3.8, 4) is 0 Å². The summed E-state index contributed by atoms with van der Waals surface area (Å²) >= 11 is 5.82. The predicted octanol–water partition coefficient (Wildman–Crippen LogP) is 5.02. The Balaban J connectivity index is 2.27. The molecule has 0 spiro atoms. The third-order valence-corrected chi connectivity index (χ3v) is 3.99. The quantitative estimate of drug-likeness (QED) is 0.767. The molecule has 3 heteroatoms. The average molecular weight is 282 g/mol. The van der Waals surface area contributed by atoms with Gasteiger partial charge in [-0.15, -0.1) is 0 Å². The van der Waals surface area contributed by atoms with Crippen LogP contribution in [0.5, 0.6) is 0 Å². The highest BCUT2D eigenvalue weighted by Gasteiger charge is 2.18. The molecule has 0 bridgehead atoms. The molecule has 0 saturated carbocycles. The van der Waals surface area contributed by atoms with Crippen LogP contribution in [-0.4, -0.2) is 7.05 Å². The second-order valence-electron chi connectivity index (χ2n) is 5.12. The van der Waals surface area contributed by atoms with Crippen molar-refractivity contribution in [3.05, 3.63) is 46.3 Å². The van der Waals surface area contributed by atoms with E-state index in [-0.39, 0.29) is 11.9 Å². The Hall–Kier alpha value is -0.860. The normalized spacial score (nSPS) is 21.1. The maximum atomic E-state index is 14.1. The molecule has 0 fully saturated rings. The first-order valence-corrected chi connectivity index (χ1v) is 7.41. The van der Waals surface area contributed by atoms with Crippen molar-refractivity contribution in [1.29, 1.82) is 0 Å². The van der Waals surface area contributed by atoms with E-state index in [1.807, 2.05) is 7.05 Å². The topological polar surface area (TPSA) is 12.0 Å². The van der Waals surface area contributed by atoms with Gasteiger partial charge in [-0.25, -0.2) is 4.39 Å². The number of allylic oxidation sites excluding steroid dienone is 1. The first-order valence-electron chi connectivity index (χ1n) is 7.03. The summed E-state index contributed by atoms with van der Waals surface area (Å²) in [4.78, 5) is 0. The molecular formula is C16H21ClFN. The molecule has 19 heavy (non-hydrogen) atoms. The van der Waals surface area contributed by atoms with E-state index in [9.17, 15) is 4.39 Å². The van der Waals surface area contributed by atoms with Crippen molar-refractivity contribution >= 4 is 11.6 Å². The summed E-state index contributed by atoms with van der Waals surface area (Å²) in [6.45, 7) is 0. The highest BCUT2D eigenvalue weighted by atomic mass is 35.5. The Kier molecular flexibility index (Phi) is 5.41. The Labute approximate surface area is 119 Å². The molecular weight excluding hydrogens is 261 g/mol. The Bertz CT molecular complexity index is 456. The van der Waals surface area contributed by atoms with Gasteiger partial charge in [-0.2, -0.15) is 0 Å². The predicted molar refractivity (Wildman–Crippen MR) is 79.0 cm³/mol. The van der Waals surface area contributed by atoms with Crippen LogP contribution in [0, 0.1) is 5.82 Å². The fourth-order valence-electron chi connectivity index (χ4n) is 2.75. The number of hydrogen-bond donors (Lipinski definition) is 1. The highest BCUT2D eigenvalue weighted by Crippen LogP contribution is 2.30. The first kappa shape index (κ1) is 14.5. The van der Waals surface area contributed by atoms with E-state index in [0.29, 0.717) is 10.6 Å². The van der Waals surface area contributed by atoms with Gasteiger partial charge < -0.3 is 5.32 Å². The van der Waals surface area contributed by atoms with Crippen LogP contribution in [0.15, 0.2) is 29.8 Å². The molecule has 0 heterocycles. The Morgan fingerprint density at radius 1 is 1.21 bits per heavy atom. The van der Waals surface area contributed by atoms with Gasteiger partial charge in [-0.1, -0.05) is 42.2 Å². The summed E-state index contributed by atoms with van der Waals surface area (Å²) < 4.78 is 14.1. The molecule has 104 valence electrons. The zero-order chi connectivity index (χ0) is 13.7. The maximum Gasteiger partial charge on any atom is 0.129 e. The van der Waals surface area contributed by atoms with Crippen molar-refractivity contribution in [1.82, 2.24) is 5.32 Å². The van der Waals surface area contributed by atoms with E-state index in [2.05, 4.69) is 11.4 Å². The molecule has 0 aliphatic heterocycles. The van der Waals surface area contributed by atoms with Crippen molar-refractivity contribution < 1.29 is 4.39 Å². The number of rotatable bonds is 3. The van der Waals surface area contributed by atoms with Crippen LogP contribution in [0.25, 0.3) is 0 Å². The van der Waals surface area contributed by atoms with Crippen LogP contribution < -0.4 is 5.32 Å². The van der Waals surface area contributed by atoms with Crippen molar-refractivity contribution in [2.75, 3.05) is 7.05 Å². The fraction of sp³-hybridized carbons (Fsp3) is 0.500. The van der Waals surface area contributed by atoms with Crippen LogP contribution in [0.2, 0.25) is 5.02 Å². The lowest BCUT2D eigenvalue weighted by molar-refractivity contribution is 0.542. The molecule has 1 nitrogen and oxygen atoms in total. The lowest BCUT2D eigenvalue weighted by Crippen LogP contribution is -2.20. The molecule has 1 unspecified atom stereocenters. The zero-order valence-corrected chi connectivity index (χ0v) is 12.1. The molecule has 1 atom stereocenters. The van der Waals surface area contributed by atoms with Gasteiger partial charge in [0, 0.05) is 10.6 Å². The smallest absolute Gasteiger partial charge is 0.129 e. The van der Waals surface area contributed by atoms with Crippen LogP contribution in [0.4, 0.5) is 4.39 Å². The third kappa shape index (κ3) is 3.80. The van der Waals surface area contributed by atoms with Gasteiger partial charge in [0.15, 0.2) is 0 Å². The van der Waals surface area contributed by atoms with Crippen LogP contribution in [-0.2, 0) is 0 Å². The molecule has 2 rings (SSSR count). The molecule has 1 aliphatic rings. The number of likely N-dealkylation sites (N-methyl/N-ethyl adjacent to an activating group) is 1. The van der Waals surface area contributed by atoms with Crippen LogP contribution in [0.1, 0.15) is 50.1 Å². The lowest BCUT2D eigenvalue weighted by atomic mass is 9.91. The van der Waals surface area contributed by atoms with E-state index in [4.69, 9.17) is 11.6 Å². The van der Waals surface area contributed by atoms with E-state index in [0.717, 1.165) is 12.8 Å². The third-order valence-electron chi connectivity index (χ3n) is 3.76. The second-order valence-corrected chi connectivity index (χ2v) is 5.56. The van der Waals surface area contributed by atoms with Crippen molar-refractivity contribution in [3.63, 3.8) is 0 Å². The molecule has 0 aromatic heterocycles. The monoisotopic (exact) mass is 281 g/mol. The molecule has 0 amide bonds. The molecule has 1 aromatic carbocycles. The number of hydrogen-bond acceptors (Lipinski definition) is 1. The average Bonchev–Trinajstić information content (AvgIpc) is 2.34. The highest BCUT2D eigenvalue weighted by molar-refractivity contribution is 6.30. The van der Waals surface area contributed by atoms with Gasteiger partial charge in [-0.05, 0) is 44.9 Å². The molecule has 1 aromatic rings. The standard InChI is InChI=1S/C16H21ClFN/c1-19-16(12-7-5-3-2-4-6-8-12)14-10-9-13(17)11-15(14)18/h7,9-11,16,19H,2-6,8H2,1H3/b12-7+. The van der Waals surface area contributed by atoms with Crippen molar-refractivity contribution in [2.45, 2.75) is 44.6 Å². The Morgan fingerprint density at radius 2 is 2.00 bits per heavy atom. The summed E-state index contributed by atoms with van der Waals surface area (Å²) in [5.74, 6) is -0.227. The van der Waals surface area contributed by atoms with Crippen molar-refractivity contribution in [2.24, 2.45) is 0 Å². The lowest BCUT2D eigenvalue weighted by Gasteiger charge is -2.23.